The second kappa shape index (κ2) is 9.79. The Bertz CT molecular complexity index is 1050. The van der Waals surface area contributed by atoms with Gasteiger partial charge in [0.15, 0.2) is 5.60 Å². The van der Waals surface area contributed by atoms with Gasteiger partial charge in [-0.2, -0.15) is 17.5 Å². The largest absolute Gasteiger partial charge is 0.421 e. The fourth-order valence-corrected chi connectivity index (χ4v) is 7.69. The minimum Gasteiger partial charge on any atom is -0.376 e. The highest BCUT2D eigenvalue weighted by atomic mass is 32.2. The average molecular weight is 517 g/mol. The van der Waals surface area contributed by atoms with Crippen molar-refractivity contribution in [1.29, 1.82) is 0 Å². The highest BCUT2D eigenvalue weighted by Crippen LogP contribution is 2.39. The Morgan fingerprint density at radius 1 is 1.06 bits per heavy atom. The lowest BCUT2D eigenvalue weighted by Gasteiger charge is -2.44. The van der Waals surface area contributed by atoms with Gasteiger partial charge in [-0.05, 0) is 48.4 Å². The molecule has 4 rings (SSSR count). The number of rotatable bonds is 6. The first kappa shape index (κ1) is 25.5. The molecule has 2 heterocycles. The molecule has 188 valence electrons. The lowest BCUT2D eigenvalue weighted by atomic mass is 9.84. The average Bonchev–Trinajstić information content (AvgIpc) is 3.35. The summed E-state index contributed by atoms with van der Waals surface area (Å²) in [5.41, 5.74) is -2.40. The van der Waals surface area contributed by atoms with Gasteiger partial charge in [0.2, 0.25) is 0 Å². The van der Waals surface area contributed by atoms with Crippen LogP contribution in [0.15, 0.2) is 46.0 Å². The monoisotopic (exact) mass is 516 g/mol. The van der Waals surface area contributed by atoms with E-state index >= 15 is 0 Å². The Morgan fingerprint density at radius 2 is 1.74 bits per heavy atom. The molecule has 1 N–H and O–H groups in total. The van der Waals surface area contributed by atoms with Gasteiger partial charge in [-0.15, -0.1) is 11.3 Å². The van der Waals surface area contributed by atoms with Crippen molar-refractivity contribution in [3.05, 3.63) is 47.3 Å². The van der Waals surface area contributed by atoms with Gasteiger partial charge < -0.3 is 10.0 Å². The van der Waals surface area contributed by atoms with Gasteiger partial charge in [0, 0.05) is 31.4 Å². The first-order chi connectivity index (χ1) is 16.0. The van der Waals surface area contributed by atoms with Gasteiger partial charge in [0.25, 0.3) is 10.0 Å². The molecule has 2 fully saturated rings. The van der Waals surface area contributed by atoms with Crippen molar-refractivity contribution in [3.63, 3.8) is 0 Å². The SMILES string of the molecule is C[C@](O)(c1ccc(N2CCN(S(=O)(=O)c3cccs3)C[C@@H]2CC2CCCCC2)cc1)C(F)(F)F. The first-order valence-electron chi connectivity index (χ1n) is 11.7. The molecule has 10 heteroatoms. The van der Waals surface area contributed by atoms with Crippen LogP contribution in [0.1, 0.15) is 51.0 Å². The molecule has 2 atom stereocenters. The van der Waals surface area contributed by atoms with E-state index in [9.17, 15) is 26.7 Å². The summed E-state index contributed by atoms with van der Waals surface area (Å²) < 4.78 is 67.9. The molecule has 0 radical (unpaired) electrons. The fraction of sp³-hybridized carbons (Fsp3) is 0.583. The van der Waals surface area contributed by atoms with Crippen LogP contribution < -0.4 is 4.90 Å². The Labute approximate surface area is 203 Å². The maximum Gasteiger partial charge on any atom is 0.421 e. The normalized spacial score (nSPS) is 23.1. The van der Waals surface area contributed by atoms with E-state index in [1.54, 1.807) is 34.0 Å². The van der Waals surface area contributed by atoms with Gasteiger partial charge in [-0.3, -0.25) is 0 Å². The van der Waals surface area contributed by atoms with Crippen LogP contribution in [0.4, 0.5) is 18.9 Å². The Kier molecular flexibility index (Phi) is 7.34. The number of piperazine rings is 1. The molecule has 0 bridgehead atoms. The van der Waals surface area contributed by atoms with Gasteiger partial charge in [0.1, 0.15) is 4.21 Å². The lowest BCUT2D eigenvalue weighted by Crippen LogP contribution is -2.55. The quantitative estimate of drug-likeness (QED) is 0.561. The fourth-order valence-electron chi connectivity index (χ4n) is 5.07. The van der Waals surface area contributed by atoms with E-state index in [-0.39, 0.29) is 11.6 Å². The van der Waals surface area contributed by atoms with E-state index in [0.717, 1.165) is 31.9 Å². The third-order valence-electron chi connectivity index (χ3n) is 7.18. The zero-order valence-electron chi connectivity index (χ0n) is 19.2. The zero-order chi connectivity index (χ0) is 24.6. The van der Waals surface area contributed by atoms with Gasteiger partial charge >= 0.3 is 6.18 Å². The molecule has 5 nitrogen and oxygen atoms in total. The van der Waals surface area contributed by atoms with E-state index in [4.69, 9.17) is 0 Å². The van der Waals surface area contributed by atoms with Crippen LogP contribution in [-0.4, -0.2) is 49.7 Å². The maximum atomic E-state index is 13.2. The summed E-state index contributed by atoms with van der Waals surface area (Å²) in [6.07, 6.45) is 1.89. The molecule has 34 heavy (non-hydrogen) atoms. The minimum atomic E-state index is -4.78. The van der Waals surface area contributed by atoms with Crippen molar-refractivity contribution in [3.8, 4) is 0 Å². The van der Waals surface area contributed by atoms with E-state index in [1.165, 1.54) is 42.7 Å². The van der Waals surface area contributed by atoms with E-state index < -0.39 is 21.8 Å². The lowest BCUT2D eigenvalue weighted by molar-refractivity contribution is -0.258. The van der Waals surface area contributed by atoms with Gasteiger partial charge in [-0.25, -0.2) is 8.42 Å². The summed E-state index contributed by atoms with van der Waals surface area (Å²) in [6, 6.07) is 9.11. The molecule has 1 aromatic carbocycles. The Balaban J connectivity index is 1.58. The minimum absolute atomic E-state index is 0.0689. The van der Waals surface area contributed by atoms with E-state index in [1.807, 2.05) is 0 Å². The molecular weight excluding hydrogens is 485 g/mol. The molecule has 1 aliphatic carbocycles. The topological polar surface area (TPSA) is 60.9 Å². The van der Waals surface area contributed by atoms with Crippen molar-refractivity contribution in [2.45, 2.75) is 67.5 Å². The molecule has 1 aromatic heterocycles. The van der Waals surface area contributed by atoms with Crippen LogP contribution in [0.25, 0.3) is 0 Å². The summed E-state index contributed by atoms with van der Waals surface area (Å²) in [4.78, 5) is 2.13. The maximum absolute atomic E-state index is 13.2. The summed E-state index contributed by atoms with van der Waals surface area (Å²) in [5, 5.41) is 11.7. The van der Waals surface area contributed by atoms with Gasteiger partial charge in [0.05, 0.1) is 0 Å². The number of halogens is 3. The highest BCUT2D eigenvalue weighted by Gasteiger charge is 2.51. The smallest absolute Gasteiger partial charge is 0.376 e. The van der Waals surface area contributed by atoms with E-state index in [0.29, 0.717) is 29.8 Å². The second-order valence-electron chi connectivity index (χ2n) is 9.50. The number of nitrogens with zero attached hydrogens (tertiary/aromatic N) is 2. The molecule has 0 amide bonds. The van der Waals surface area contributed by atoms with Crippen molar-refractivity contribution in [2.75, 3.05) is 24.5 Å². The Hall–Kier alpha value is -1.62. The number of sulfonamides is 1. The van der Waals surface area contributed by atoms with Crippen molar-refractivity contribution >= 4 is 27.0 Å². The summed E-state index contributed by atoms with van der Waals surface area (Å²) in [6.45, 7) is 1.86. The highest BCUT2D eigenvalue weighted by molar-refractivity contribution is 7.91. The van der Waals surface area contributed by atoms with Crippen molar-refractivity contribution < 1.29 is 26.7 Å². The summed E-state index contributed by atoms with van der Waals surface area (Å²) >= 11 is 1.20. The summed E-state index contributed by atoms with van der Waals surface area (Å²) in [7, 11) is -3.57. The first-order valence-corrected chi connectivity index (χ1v) is 14.0. The molecule has 2 aliphatic rings. The number of benzene rings is 1. The second-order valence-corrected chi connectivity index (χ2v) is 12.6. The number of aliphatic hydroxyl groups is 1. The third kappa shape index (κ3) is 5.15. The van der Waals surface area contributed by atoms with Crippen molar-refractivity contribution in [2.24, 2.45) is 5.92 Å². The van der Waals surface area contributed by atoms with E-state index in [2.05, 4.69) is 4.90 Å². The molecule has 2 aromatic rings. The molecular formula is C24H31F3N2O3S2. The number of hydrogen-bond donors (Lipinski definition) is 1. The summed E-state index contributed by atoms with van der Waals surface area (Å²) in [5.74, 6) is 0.510. The van der Waals surface area contributed by atoms with Crippen LogP contribution in [0.5, 0.6) is 0 Å². The number of thiophene rings is 1. The number of anilines is 1. The predicted molar refractivity (Wildman–Crippen MR) is 127 cm³/mol. The number of hydrogen-bond acceptors (Lipinski definition) is 5. The van der Waals surface area contributed by atoms with Crippen LogP contribution in [0.2, 0.25) is 0 Å². The number of alkyl halides is 3. The van der Waals surface area contributed by atoms with Crippen LogP contribution in [0.3, 0.4) is 0 Å². The van der Waals surface area contributed by atoms with Crippen LogP contribution in [-0.2, 0) is 15.6 Å². The zero-order valence-corrected chi connectivity index (χ0v) is 20.8. The predicted octanol–water partition coefficient (Wildman–Crippen LogP) is 5.37. The molecule has 1 saturated carbocycles. The molecule has 1 saturated heterocycles. The van der Waals surface area contributed by atoms with Crippen LogP contribution >= 0.6 is 11.3 Å². The van der Waals surface area contributed by atoms with Crippen LogP contribution in [0, 0.1) is 5.92 Å². The molecule has 0 spiro atoms. The molecule has 0 unspecified atom stereocenters. The van der Waals surface area contributed by atoms with Gasteiger partial charge in [-0.1, -0.05) is 50.3 Å². The third-order valence-corrected chi connectivity index (χ3v) is 10.4. The molecule has 1 aliphatic heterocycles. The van der Waals surface area contributed by atoms with Crippen molar-refractivity contribution in [1.82, 2.24) is 4.31 Å². The standard InChI is InChI=1S/C24H31F3N2O3S2/c1-23(30,24(25,26)27)19-9-11-20(12-10-19)29-14-13-28(34(31,32)22-8-5-15-33-22)17-21(29)16-18-6-3-2-4-7-18/h5,8-12,15,18,21,30H,2-4,6-7,13-14,16-17H2,1H3/t21-,23-/m0/s1. The Morgan fingerprint density at radius 3 is 2.32 bits per heavy atom.